The summed E-state index contributed by atoms with van der Waals surface area (Å²) in [7, 11) is 0. The van der Waals surface area contributed by atoms with E-state index < -0.39 is 51.0 Å². The van der Waals surface area contributed by atoms with Crippen LogP contribution in [0, 0.1) is 17.3 Å². The number of aliphatic hydroxyl groups excluding tert-OH is 1. The summed E-state index contributed by atoms with van der Waals surface area (Å²) in [5, 5.41) is 44.8. The van der Waals surface area contributed by atoms with Crippen molar-refractivity contribution in [2.75, 3.05) is 0 Å². The number of hydrogen-bond donors (Lipinski definition) is 4. The van der Waals surface area contributed by atoms with Gasteiger partial charge in [-0.3, -0.25) is 9.59 Å². The molecule has 0 spiro atoms. The van der Waals surface area contributed by atoms with Gasteiger partial charge in [-0.1, -0.05) is 38.8 Å². The van der Waals surface area contributed by atoms with Crippen LogP contribution in [0.25, 0.3) is 0 Å². The Bertz CT molecular complexity index is 799. The van der Waals surface area contributed by atoms with Crippen molar-refractivity contribution in [3.63, 3.8) is 0 Å². The van der Waals surface area contributed by atoms with E-state index in [0.29, 0.717) is 0 Å². The van der Waals surface area contributed by atoms with E-state index in [4.69, 9.17) is 0 Å². The van der Waals surface area contributed by atoms with Crippen molar-refractivity contribution < 1.29 is 30.0 Å². The zero-order chi connectivity index (χ0) is 20.7. The van der Waals surface area contributed by atoms with Gasteiger partial charge in [0.05, 0.1) is 0 Å². The molecule has 4 N–H and O–H groups in total. The topological polar surface area (TPSA) is 115 Å². The maximum Gasteiger partial charge on any atom is 0.207 e. The molecule has 3 aliphatic rings. The lowest BCUT2D eigenvalue weighted by atomic mass is 9.73. The SMILES string of the molecule is CC(C)=C1C[C@@]2(O)[C@H](C[C@@]3(O)C(O)=C(C(=O)CC(C)C)C(=O)[C@]32O)C1(C)C. The molecule has 4 atom stereocenters. The molecule has 0 unspecified atom stereocenters. The molecule has 27 heavy (non-hydrogen) atoms. The van der Waals surface area contributed by atoms with Crippen LogP contribution in [-0.2, 0) is 9.59 Å². The number of aliphatic hydroxyl groups is 4. The van der Waals surface area contributed by atoms with Crippen LogP contribution in [0.1, 0.15) is 60.8 Å². The minimum Gasteiger partial charge on any atom is -0.508 e. The standard InChI is InChI=1S/C21H30O6/c1-10(2)7-13(22)15-16(23)20(26)9-14-18(5,6)12(11(3)4)8-19(14,25)21(20,27)17(15)24/h10,14,23,25-27H,7-9H2,1-6H3/t14-,19-,20-,21-/m1/s1. The van der Waals surface area contributed by atoms with Gasteiger partial charge < -0.3 is 20.4 Å². The Morgan fingerprint density at radius 3 is 2.22 bits per heavy atom. The molecule has 0 heterocycles. The molecule has 150 valence electrons. The Kier molecular flexibility index (Phi) is 4.14. The number of allylic oxidation sites excluding steroid dienone is 1. The van der Waals surface area contributed by atoms with Crippen LogP contribution in [0.4, 0.5) is 0 Å². The maximum atomic E-state index is 13.2. The van der Waals surface area contributed by atoms with Gasteiger partial charge in [0, 0.05) is 18.8 Å². The lowest BCUT2D eigenvalue weighted by Crippen LogP contribution is -2.64. The summed E-state index contributed by atoms with van der Waals surface area (Å²) in [6.07, 6.45) is -0.180. The number of carbonyl (C=O) groups excluding carboxylic acids is 2. The van der Waals surface area contributed by atoms with Crippen molar-refractivity contribution >= 4 is 11.6 Å². The first-order valence-corrected chi connectivity index (χ1v) is 9.52. The summed E-state index contributed by atoms with van der Waals surface area (Å²) in [5.74, 6) is -3.18. The van der Waals surface area contributed by atoms with Gasteiger partial charge in [-0.15, -0.1) is 0 Å². The molecule has 6 heteroatoms. The molecule has 2 fully saturated rings. The number of rotatable bonds is 3. The van der Waals surface area contributed by atoms with Gasteiger partial charge in [-0.2, -0.15) is 0 Å². The van der Waals surface area contributed by atoms with E-state index in [0.717, 1.165) is 11.1 Å². The molecule has 3 aliphatic carbocycles. The lowest BCUT2D eigenvalue weighted by molar-refractivity contribution is -0.198. The number of carbonyl (C=O) groups is 2. The second-order valence-corrected chi connectivity index (χ2v) is 9.70. The van der Waals surface area contributed by atoms with E-state index in [-0.39, 0.29) is 25.2 Å². The van der Waals surface area contributed by atoms with E-state index in [2.05, 4.69) is 0 Å². The third kappa shape index (κ3) is 2.12. The maximum absolute atomic E-state index is 13.2. The highest BCUT2D eigenvalue weighted by Gasteiger charge is 2.83. The molecular weight excluding hydrogens is 348 g/mol. The van der Waals surface area contributed by atoms with E-state index in [9.17, 15) is 30.0 Å². The smallest absolute Gasteiger partial charge is 0.207 e. The first kappa shape index (κ1) is 20.2. The van der Waals surface area contributed by atoms with Crippen LogP contribution in [0.15, 0.2) is 22.5 Å². The summed E-state index contributed by atoms with van der Waals surface area (Å²) in [6.45, 7) is 11.2. The molecule has 6 nitrogen and oxygen atoms in total. The van der Waals surface area contributed by atoms with E-state index in [1.54, 1.807) is 13.8 Å². The first-order chi connectivity index (χ1) is 12.2. The quantitative estimate of drug-likeness (QED) is 0.441. The van der Waals surface area contributed by atoms with Crippen LogP contribution in [-0.4, -0.2) is 48.8 Å². The number of fused-ring (bicyclic) bond motifs is 3. The molecule has 2 saturated carbocycles. The summed E-state index contributed by atoms with van der Waals surface area (Å²) >= 11 is 0. The highest BCUT2D eigenvalue weighted by atomic mass is 16.4. The van der Waals surface area contributed by atoms with Crippen molar-refractivity contribution in [1.82, 2.24) is 0 Å². The molecule has 3 rings (SSSR count). The Labute approximate surface area is 159 Å². The van der Waals surface area contributed by atoms with Crippen molar-refractivity contribution in [1.29, 1.82) is 0 Å². The normalized spacial score (nSPS) is 40.0. The van der Waals surface area contributed by atoms with Crippen molar-refractivity contribution in [2.24, 2.45) is 17.3 Å². The van der Waals surface area contributed by atoms with E-state index in [1.807, 2.05) is 27.7 Å². The number of hydrogen-bond acceptors (Lipinski definition) is 6. The van der Waals surface area contributed by atoms with E-state index in [1.165, 1.54) is 0 Å². The lowest BCUT2D eigenvalue weighted by Gasteiger charge is -2.39. The van der Waals surface area contributed by atoms with E-state index >= 15 is 0 Å². The number of Topliss-reactive ketones (excluding diaryl/α,β-unsaturated/α-hetero) is 2. The second kappa shape index (κ2) is 5.52. The Hall–Kier alpha value is -1.50. The molecule has 0 saturated heterocycles. The third-order valence-electron chi connectivity index (χ3n) is 7.06. The fourth-order valence-electron chi connectivity index (χ4n) is 5.73. The highest BCUT2D eigenvalue weighted by molar-refractivity contribution is 6.26. The second-order valence-electron chi connectivity index (χ2n) is 9.70. The van der Waals surface area contributed by atoms with Crippen LogP contribution >= 0.6 is 0 Å². The van der Waals surface area contributed by atoms with Gasteiger partial charge in [0.15, 0.2) is 17.0 Å². The van der Waals surface area contributed by atoms with Crippen LogP contribution in [0.5, 0.6) is 0 Å². The van der Waals surface area contributed by atoms with Gasteiger partial charge in [0.1, 0.15) is 16.9 Å². The number of ketones is 2. The Morgan fingerprint density at radius 1 is 1.19 bits per heavy atom. The van der Waals surface area contributed by atoms with Gasteiger partial charge in [-0.05, 0) is 31.6 Å². The minimum absolute atomic E-state index is 0.00383. The van der Waals surface area contributed by atoms with Crippen LogP contribution < -0.4 is 0 Å². The first-order valence-electron chi connectivity index (χ1n) is 9.52. The largest absolute Gasteiger partial charge is 0.508 e. The monoisotopic (exact) mass is 378 g/mol. The van der Waals surface area contributed by atoms with Crippen molar-refractivity contribution in [3.8, 4) is 0 Å². The summed E-state index contributed by atoms with van der Waals surface area (Å²) in [6, 6.07) is 0. The Morgan fingerprint density at radius 2 is 1.74 bits per heavy atom. The van der Waals surface area contributed by atoms with Crippen molar-refractivity contribution in [2.45, 2.75) is 77.6 Å². The molecular formula is C21H30O6. The zero-order valence-corrected chi connectivity index (χ0v) is 16.9. The average molecular weight is 378 g/mol. The van der Waals surface area contributed by atoms with Gasteiger partial charge in [-0.25, -0.2) is 0 Å². The molecule has 0 aromatic rings. The third-order valence-corrected chi connectivity index (χ3v) is 7.06. The molecule has 0 radical (unpaired) electrons. The van der Waals surface area contributed by atoms with Gasteiger partial charge >= 0.3 is 0 Å². The predicted octanol–water partition coefficient (Wildman–Crippen LogP) is 1.98. The fourth-order valence-corrected chi connectivity index (χ4v) is 5.73. The van der Waals surface area contributed by atoms with Crippen LogP contribution in [0.3, 0.4) is 0 Å². The molecule has 0 aliphatic heterocycles. The molecule has 0 aromatic carbocycles. The van der Waals surface area contributed by atoms with Crippen molar-refractivity contribution in [3.05, 3.63) is 22.5 Å². The van der Waals surface area contributed by atoms with Gasteiger partial charge in [0.25, 0.3) is 0 Å². The van der Waals surface area contributed by atoms with Gasteiger partial charge in [0.2, 0.25) is 5.78 Å². The summed E-state index contributed by atoms with van der Waals surface area (Å²) in [4.78, 5) is 25.7. The molecule has 0 amide bonds. The highest BCUT2D eigenvalue weighted by Crippen LogP contribution is 2.69. The molecule has 0 aromatic heterocycles. The average Bonchev–Trinajstić information content (AvgIpc) is 2.91. The fraction of sp³-hybridized carbons (Fsp3) is 0.714. The predicted molar refractivity (Wildman–Crippen MR) is 98.9 cm³/mol. The minimum atomic E-state index is -2.63. The summed E-state index contributed by atoms with van der Waals surface area (Å²) in [5.41, 5.74) is -6.19. The Balaban J connectivity index is 2.18. The zero-order valence-electron chi connectivity index (χ0n) is 16.9. The van der Waals surface area contributed by atoms with Crippen LogP contribution in [0.2, 0.25) is 0 Å². The molecule has 0 bridgehead atoms. The summed E-state index contributed by atoms with van der Waals surface area (Å²) < 4.78 is 0.